The lowest BCUT2D eigenvalue weighted by molar-refractivity contribution is -0.113. The van der Waals surface area contributed by atoms with Crippen LogP contribution in [0.4, 0.5) is 5.69 Å². The van der Waals surface area contributed by atoms with Crippen molar-refractivity contribution in [1.29, 1.82) is 0 Å². The minimum absolute atomic E-state index is 0.111. The summed E-state index contributed by atoms with van der Waals surface area (Å²) in [5, 5.41) is 0.690. The topological polar surface area (TPSA) is 29.5 Å². The fourth-order valence-electron chi connectivity index (χ4n) is 3.43. The fraction of sp³-hybridized carbons (Fsp3) is 0.120. The van der Waals surface area contributed by atoms with Crippen molar-refractivity contribution in [2.24, 2.45) is 0 Å². The SMILES string of the molecule is Cc1cccc(C)c1N1C(=O)/C(=C/c2ccccc2OCc2ccc(Cl)cc2)SC1=S. The number of amides is 1. The Morgan fingerprint density at radius 3 is 2.39 bits per heavy atom. The molecular formula is C25H20ClNO2S2. The summed E-state index contributed by atoms with van der Waals surface area (Å²) in [4.78, 5) is 15.5. The monoisotopic (exact) mass is 465 g/mol. The summed E-state index contributed by atoms with van der Waals surface area (Å²) in [6.07, 6.45) is 1.85. The van der Waals surface area contributed by atoms with Crippen molar-refractivity contribution in [2.45, 2.75) is 20.5 Å². The van der Waals surface area contributed by atoms with Gasteiger partial charge in [-0.3, -0.25) is 9.69 Å². The van der Waals surface area contributed by atoms with Crippen molar-refractivity contribution in [3.63, 3.8) is 0 Å². The highest BCUT2D eigenvalue weighted by atomic mass is 35.5. The highest BCUT2D eigenvalue weighted by Crippen LogP contribution is 2.39. The third-order valence-corrected chi connectivity index (χ3v) is 6.52. The molecule has 3 aromatic carbocycles. The number of thiocarbonyl (C=S) groups is 1. The van der Waals surface area contributed by atoms with E-state index in [2.05, 4.69) is 0 Å². The molecule has 0 N–H and O–H groups in total. The van der Waals surface area contributed by atoms with Crippen LogP contribution >= 0.6 is 35.6 Å². The minimum atomic E-state index is -0.111. The van der Waals surface area contributed by atoms with Gasteiger partial charge in [0.25, 0.3) is 5.91 Å². The molecule has 0 unspecified atom stereocenters. The average molecular weight is 466 g/mol. The molecule has 1 amide bonds. The van der Waals surface area contributed by atoms with E-state index in [1.165, 1.54) is 11.8 Å². The minimum Gasteiger partial charge on any atom is -0.488 e. The molecule has 1 saturated heterocycles. The molecule has 1 aliphatic rings. The van der Waals surface area contributed by atoms with Gasteiger partial charge in [-0.25, -0.2) is 0 Å². The molecule has 0 saturated carbocycles. The number of thioether (sulfide) groups is 1. The summed E-state index contributed by atoms with van der Waals surface area (Å²) in [5.41, 5.74) is 4.74. The van der Waals surface area contributed by atoms with Crippen LogP contribution in [-0.2, 0) is 11.4 Å². The number of nitrogens with zero attached hydrogens (tertiary/aromatic N) is 1. The smallest absolute Gasteiger partial charge is 0.270 e. The van der Waals surface area contributed by atoms with E-state index in [0.29, 0.717) is 26.6 Å². The number of rotatable bonds is 5. The third kappa shape index (κ3) is 4.69. The van der Waals surface area contributed by atoms with E-state index in [-0.39, 0.29) is 5.91 Å². The van der Waals surface area contributed by atoms with Crippen LogP contribution < -0.4 is 9.64 Å². The maximum Gasteiger partial charge on any atom is 0.270 e. The molecule has 0 aliphatic carbocycles. The standard InChI is InChI=1S/C25H20ClNO2S2/c1-16-6-5-7-17(2)23(16)27-24(28)22(31-25(27)30)14-19-8-3-4-9-21(19)29-15-18-10-12-20(26)13-11-18/h3-14H,15H2,1-2H3/b22-14-. The molecule has 0 radical (unpaired) electrons. The van der Waals surface area contributed by atoms with E-state index in [1.54, 1.807) is 4.90 Å². The number of hydrogen-bond donors (Lipinski definition) is 0. The summed E-state index contributed by atoms with van der Waals surface area (Å²) in [6, 6.07) is 21.2. The Kier molecular flexibility index (Phi) is 6.46. The highest BCUT2D eigenvalue weighted by molar-refractivity contribution is 8.27. The number of hydrogen-bond acceptors (Lipinski definition) is 4. The first-order valence-corrected chi connectivity index (χ1v) is 11.3. The number of benzene rings is 3. The zero-order valence-corrected chi connectivity index (χ0v) is 19.5. The Morgan fingerprint density at radius 2 is 1.68 bits per heavy atom. The number of anilines is 1. The Hall–Kier alpha value is -2.60. The molecule has 3 aromatic rings. The molecule has 0 bridgehead atoms. The van der Waals surface area contributed by atoms with Crippen LogP contribution in [0, 0.1) is 13.8 Å². The van der Waals surface area contributed by atoms with Gasteiger partial charge in [0.15, 0.2) is 4.32 Å². The lowest BCUT2D eigenvalue weighted by Gasteiger charge is -2.19. The van der Waals surface area contributed by atoms with Crippen molar-refractivity contribution in [3.8, 4) is 5.75 Å². The lowest BCUT2D eigenvalue weighted by Crippen LogP contribution is -2.29. The second-order valence-corrected chi connectivity index (χ2v) is 9.32. The van der Waals surface area contributed by atoms with Crippen LogP contribution in [0.25, 0.3) is 6.08 Å². The van der Waals surface area contributed by atoms with Gasteiger partial charge in [0.2, 0.25) is 0 Å². The zero-order valence-electron chi connectivity index (χ0n) is 17.1. The lowest BCUT2D eigenvalue weighted by atomic mass is 10.1. The Balaban J connectivity index is 1.60. The molecule has 6 heteroatoms. The van der Waals surface area contributed by atoms with Gasteiger partial charge < -0.3 is 4.74 Å². The fourth-order valence-corrected chi connectivity index (χ4v) is 4.82. The molecule has 0 aromatic heterocycles. The molecule has 4 rings (SSSR count). The van der Waals surface area contributed by atoms with Crippen LogP contribution in [-0.4, -0.2) is 10.2 Å². The number of ether oxygens (including phenoxy) is 1. The Labute approximate surface area is 196 Å². The van der Waals surface area contributed by atoms with E-state index in [4.69, 9.17) is 28.6 Å². The van der Waals surface area contributed by atoms with Crippen molar-refractivity contribution < 1.29 is 9.53 Å². The van der Waals surface area contributed by atoms with Crippen LogP contribution in [0.2, 0.25) is 5.02 Å². The van der Waals surface area contributed by atoms with Gasteiger partial charge >= 0.3 is 0 Å². The maximum absolute atomic E-state index is 13.2. The van der Waals surface area contributed by atoms with Gasteiger partial charge in [-0.2, -0.15) is 0 Å². The Morgan fingerprint density at radius 1 is 1.00 bits per heavy atom. The first kappa shape index (κ1) is 21.6. The van der Waals surface area contributed by atoms with Gasteiger partial charge in [-0.15, -0.1) is 0 Å². The molecule has 0 spiro atoms. The summed E-state index contributed by atoms with van der Waals surface area (Å²) in [6.45, 7) is 4.39. The van der Waals surface area contributed by atoms with E-state index in [9.17, 15) is 4.79 Å². The van der Waals surface area contributed by atoms with Gasteiger partial charge in [0.1, 0.15) is 12.4 Å². The third-order valence-electron chi connectivity index (χ3n) is 4.97. The second-order valence-electron chi connectivity index (χ2n) is 7.21. The second kappa shape index (κ2) is 9.27. The largest absolute Gasteiger partial charge is 0.488 e. The van der Waals surface area contributed by atoms with Crippen molar-refractivity contribution in [3.05, 3.63) is 98.9 Å². The molecular weight excluding hydrogens is 446 g/mol. The van der Waals surface area contributed by atoms with E-state index in [0.717, 1.165) is 27.9 Å². The first-order valence-electron chi connectivity index (χ1n) is 9.74. The summed E-state index contributed by atoms with van der Waals surface area (Å²) in [7, 11) is 0. The summed E-state index contributed by atoms with van der Waals surface area (Å²) in [5.74, 6) is 0.592. The summed E-state index contributed by atoms with van der Waals surface area (Å²) < 4.78 is 6.57. The van der Waals surface area contributed by atoms with E-state index in [1.807, 2.05) is 86.7 Å². The van der Waals surface area contributed by atoms with Gasteiger partial charge in [-0.1, -0.05) is 84.1 Å². The van der Waals surface area contributed by atoms with Crippen molar-refractivity contribution >= 4 is 57.6 Å². The van der Waals surface area contributed by atoms with Crippen LogP contribution in [0.1, 0.15) is 22.3 Å². The predicted octanol–water partition coefficient (Wildman–Crippen LogP) is 6.94. The molecule has 3 nitrogen and oxygen atoms in total. The molecule has 156 valence electrons. The van der Waals surface area contributed by atoms with E-state index < -0.39 is 0 Å². The number of halogens is 1. The Bertz CT molecular complexity index is 1170. The van der Waals surface area contributed by atoms with Crippen LogP contribution in [0.3, 0.4) is 0 Å². The molecule has 1 aliphatic heterocycles. The normalized spacial score (nSPS) is 15.1. The molecule has 1 heterocycles. The molecule has 31 heavy (non-hydrogen) atoms. The van der Waals surface area contributed by atoms with Gasteiger partial charge in [0, 0.05) is 10.6 Å². The zero-order chi connectivity index (χ0) is 22.0. The van der Waals surface area contributed by atoms with E-state index >= 15 is 0 Å². The molecule has 1 fully saturated rings. The maximum atomic E-state index is 13.2. The summed E-state index contributed by atoms with van der Waals surface area (Å²) >= 11 is 12.8. The number of aryl methyl sites for hydroxylation is 2. The van der Waals surface area contributed by atoms with Crippen molar-refractivity contribution in [1.82, 2.24) is 0 Å². The van der Waals surface area contributed by atoms with Crippen LogP contribution in [0.15, 0.2) is 71.6 Å². The number of para-hydroxylation sites is 2. The average Bonchev–Trinajstić information content (AvgIpc) is 3.02. The van der Waals surface area contributed by atoms with Crippen molar-refractivity contribution in [2.75, 3.05) is 4.90 Å². The van der Waals surface area contributed by atoms with Gasteiger partial charge in [-0.05, 0) is 54.8 Å². The quantitative estimate of drug-likeness (QED) is 0.301. The van der Waals surface area contributed by atoms with Crippen LogP contribution in [0.5, 0.6) is 5.75 Å². The predicted molar refractivity (Wildman–Crippen MR) is 134 cm³/mol. The first-order chi connectivity index (χ1) is 14.9. The number of carbonyl (C=O) groups is 1. The highest BCUT2D eigenvalue weighted by Gasteiger charge is 2.35. The molecule has 0 atom stereocenters. The van der Waals surface area contributed by atoms with Gasteiger partial charge in [0.05, 0.1) is 10.6 Å². The number of carbonyl (C=O) groups excluding carboxylic acids is 1.